The van der Waals surface area contributed by atoms with Crippen LogP contribution in [0.25, 0.3) is 0 Å². The number of carboxylic acid groups (broad SMARTS) is 1. The van der Waals surface area contributed by atoms with E-state index in [1.807, 2.05) is 0 Å². The Labute approximate surface area is 86.4 Å². The van der Waals surface area contributed by atoms with E-state index < -0.39 is 16.0 Å². The summed E-state index contributed by atoms with van der Waals surface area (Å²) in [5.74, 6) is -1.31. The lowest BCUT2D eigenvalue weighted by Gasteiger charge is -1.94. The van der Waals surface area contributed by atoms with Gasteiger partial charge in [-0.1, -0.05) is 0 Å². The highest BCUT2D eigenvalue weighted by Crippen LogP contribution is 2.29. The third kappa shape index (κ3) is 2.27. The first-order chi connectivity index (χ1) is 5.82. The summed E-state index contributed by atoms with van der Waals surface area (Å²) in [5.41, 5.74) is 0. The van der Waals surface area contributed by atoms with Gasteiger partial charge in [0.05, 0.1) is 3.79 Å². The van der Waals surface area contributed by atoms with Crippen molar-refractivity contribution in [2.75, 3.05) is 0 Å². The summed E-state index contributed by atoms with van der Waals surface area (Å²) in [5, 5.41) is 13.4. The zero-order valence-electron chi connectivity index (χ0n) is 6.02. The molecule has 0 aliphatic heterocycles. The first-order valence-corrected chi connectivity index (χ1v) is 6.03. The summed E-state index contributed by atoms with van der Waals surface area (Å²) in [6.45, 7) is 0. The van der Waals surface area contributed by atoms with E-state index in [9.17, 15) is 13.2 Å². The molecule has 1 heterocycles. The van der Waals surface area contributed by atoms with Crippen LogP contribution in [0.5, 0.6) is 0 Å². The molecule has 1 aromatic rings. The molecule has 0 aliphatic carbocycles. The summed E-state index contributed by atoms with van der Waals surface area (Å²) >= 11 is 3.79. The van der Waals surface area contributed by atoms with Gasteiger partial charge in [-0.25, -0.2) is 18.4 Å². The highest BCUT2D eigenvalue weighted by Gasteiger charge is 2.22. The van der Waals surface area contributed by atoms with E-state index in [1.54, 1.807) is 0 Å². The van der Waals surface area contributed by atoms with Crippen LogP contribution in [0, 0.1) is 0 Å². The maximum Gasteiger partial charge on any atom is 0.347 e. The van der Waals surface area contributed by atoms with Gasteiger partial charge >= 0.3 is 5.97 Å². The van der Waals surface area contributed by atoms with Gasteiger partial charge in [0.15, 0.2) is 0 Å². The number of carboxylic acids is 1. The van der Waals surface area contributed by atoms with Crippen molar-refractivity contribution in [1.29, 1.82) is 0 Å². The molecule has 3 N–H and O–H groups in total. The molecule has 1 rings (SSSR count). The Bertz CT molecular complexity index is 449. The first kappa shape index (κ1) is 10.6. The molecule has 0 unspecified atom stereocenters. The Hall–Kier alpha value is -0.440. The first-order valence-electron chi connectivity index (χ1n) is 2.88. The van der Waals surface area contributed by atoms with Crippen molar-refractivity contribution in [2.24, 2.45) is 5.14 Å². The molecule has 0 saturated carbocycles. The van der Waals surface area contributed by atoms with E-state index in [1.165, 1.54) is 6.07 Å². The van der Waals surface area contributed by atoms with Crippen LogP contribution in [0.2, 0.25) is 0 Å². The fourth-order valence-electron chi connectivity index (χ4n) is 0.706. The second-order valence-corrected chi connectivity index (χ2v) is 6.06. The van der Waals surface area contributed by atoms with Crippen LogP contribution < -0.4 is 5.14 Å². The Morgan fingerprint density at radius 1 is 1.62 bits per heavy atom. The Morgan fingerprint density at radius 3 is 2.46 bits per heavy atom. The van der Waals surface area contributed by atoms with E-state index in [0.29, 0.717) is 3.79 Å². The van der Waals surface area contributed by atoms with Gasteiger partial charge in [-0.2, -0.15) is 0 Å². The highest BCUT2D eigenvalue weighted by molar-refractivity contribution is 9.11. The number of halogens is 1. The van der Waals surface area contributed by atoms with Crippen molar-refractivity contribution < 1.29 is 18.3 Å². The van der Waals surface area contributed by atoms with E-state index in [4.69, 9.17) is 10.2 Å². The average molecular weight is 286 g/mol. The molecule has 1 aromatic heterocycles. The van der Waals surface area contributed by atoms with Crippen molar-refractivity contribution >= 4 is 43.3 Å². The Morgan fingerprint density at radius 2 is 2.15 bits per heavy atom. The molecule has 72 valence electrons. The van der Waals surface area contributed by atoms with Crippen LogP contribution in [0.4, 0.5) is 0 Å². The number of carbonyl (C=O) groups is 1. The topological polar surface area (TPSA) is 97.5 Å². The second kappa shape index (κ2) is 3.37. The Balaban J connectivity index is 3.46. The average Bonchev–Trinajstić information content (AvgIpc) is 2.29. The molecular weight excluding hydrogens is 282 g/mol. The number of primary sulfonamides is 1. The number of hydrogen-bond acceptors (Lipinski definition) is 4. The lowest BCUT2D eigenvalue weighted by molar-refractivity contribution is 0.0698. The molecule has 0 bridgehead atoms. The third-order valence-electron chi connectivity index (χ3n) is 1.17. The molecular formula is C5H4BrNO4S2. The largest absolute Gasteiger partial charge is 0.477 e. The summed E-state index contributed by atoms with van der Waals surface area (Å²) < 4.78 is 22.2. The van der Waals surface area contributed by atoms with Gasteiger partial charge in [0.1, 0.15) is 9.77 Å². The van der Waals surface area contributed by atoms with Crippen LogP contribution in [-0.4, -0.2) is 19.5 Å². The van der Waals surface area contributed by atoms with Gasteiger partial charge in [-0.05, 0) is 22.0 Å². The van der Waals surface area contributed by atoms with Gasteiger partial charge in [-0.15, -0.1) is 11.3 Å². The number of thiophene rings is 1. The minimum absolute atomic E-state index is 0.283. The monoisotopic (exact) mass is 285 g/mol. The van der Waals surface area contributed by atoms with Crippen LogP contribution in [-0.2, 0) is 10.0 Å². The number of aromatic carboxylic acids is 1. The molecule has 0 amide bonds. The fourth-order valence-corrected chi connectivity index (χ4v) is 3.37. The SMILES string of the molecule is NS(=O)(=O)c1cc(Br)sc1C(=O)O. The molecule has 0 aliphatic rings. The van der Waals surface area contributed by atoms with Crippen LogP contribution in [0.15, 0.2) is 14.7 Å². The molecule has 0 saturated heterocycles. The number of nitrogens with two attached hydrogens (primary N) is 1. The normalized spacial score (nSPS) is 11.5. The highest BCUT2D eigenvalue weighted by atomic mass is 79.9. The molecule has 8 heteroatoms. The number of sulfonamides is 1. The van der Waals surface area contributed by atoms with Crippen LogP contribution >= 0.6 is 27.3 Å². The van der Waals surface area contributed by atoms with Gasteiger partial charge in [0.2, 0.25) is 10.0 Å². The smallest absolute Gasteiger partial charge is 0.347 e. The maximum absolute atomic E-state index is 10.9. The van der Waals surface area contributed by atoms with E-state index in [2.05, 4.69) is 15.9 Å². The van der Waals surface area contributed by atoms with Crippen LogP contribution in [0.1, 0.15) is 9.67 Å². The van der Waals surface area contributed by atoms with Crippen LogP contribution in [0.3, 0.4) is 0 Å². The fraction of sp³-hybridized carbons (Fsp3) is 0. The molecule has 0 radical (unpaired) electrons. The molecule has 0 aromatic carbocycles. The van der Waals surface area contributed by atoms with Gasteiger partial charge in [0, 0.05) is 0 Å². The van der Waals surface area contributed by atoms with Crippen molar-refractivity contribution in [3.8, 4) is 0 Å². The lowest BCUT2D eigenvalue weighted by Crippen LogP contribution is -2.14. The number of hydrogen-bond donors (Lipinski definition) is 2. The molecule has 5 nitrogen and oxygen atoms in total. The van der Waals surface area contributed by atoms with Crippen molar-refractivity contribution in [3.63, 3.8) is 0 Å². The molecule has 0 spiro atoms. The van der Waals surface area contributed by atoms with Gasteiger partial charge < -0.3 is 5.11 Å². The quantitative estimate of drug-likeness (QED) is 0.842. The lowest BCUT2D eigenvalue weighted by atomic mass is 10.5. The third-order valence-corrected chi connectivity index (χ3v) is 3.86. The Kier molecular flexibility index (Phi) is 2.76. The van der Waals surface area contributed by atoms with E-state index in [-0.39, 0.29) is 9.77 Å². The summed E-state index contributed by atoms with van der Waals surface area (Å²) in [6, 6.07) is 1.17. The zero-order chi connectivity index (χ0) is 10.2. The van der Waals surface area contributed by atoms with E-state index >= 15 is 0 Å². The van der Waals surface area contributed by atoms with Crippen molar-refractivity contribution in [2.45, 2.75) is 4.90 Å². The van der Waals surface area contributed by atoms with Crippen molar-refractivity contribution in [3.05, 3.63) is 14.7 Å². The molecule has 0 atom stereocenters. The summed E-state index contributed by atoms with van der Waals surface area (Å²) in [6.07, 6.45) is 0. The standard InChI is InChI=1S/C5H4BrNO4S2/c6-3-1-2(13(7,10)11)4(12-3)5(8)9/h1H,(H,8,9)(H2,7,10,11). The maximum atomic E-state index is 10.9. The molecule has 13 heavy (non-hydrogen) atoms. The predicted octanol–water partition coefficient (Wildman–Crippen LogP) is 0.856. The predicted molar refractivity (Wildman–Crippen MR) is 50.4 cm³/mol. The van der Waals surface area contributed by atoms with Crippen molar-refractivity contribution in [1.82, 2.24) is 0 Å². The minimum Gasteiger partial charge on any atom is -0.477 e. The minimum atomic E-state index is -3.96. The summed E-state index contributed by atoms with van der Waals surface area (Å²) in [4.78, 5) is 9.90. The van der Waals surface area contributed by atoms with Gasteiger partial charge in [-0.3, -0.25) is 0 Å². The zero-order valence-corrected chi connectivity index (χ0v) is 9.24. The van der Waals surface area contributed by atoms with E-state index in [0.717, 1.165) is 11.3 Å². The number of rotatable bonds is 2. The van der Waals surface area contributed by atoms with Gasteiger partial charge in [0.25, 0.3) is 0 Å². The molecule has 0 fully saturated rings. The second-order valence-electron chi connectivity index (χ2n) is 2.09. The summed E-state index contributed by atoms with van der Waals surface area (Å²) in [7, 11) is -3.96.